The highest BCUT2D eigenvalue weighted by Gasteiger charge is 2.23. The van der Waals surface area contributed by atoms with Crippen LogP contribution in [0.15, 0.2) is 45.8 Å². The first-order valence-electron chi connectivity index (χ1n) is 9.05. The highest BCUT2D eigenvalue weighted by atomic mass is 79.9. The van der Waals surface area contributed by atoms with Gasteiger partial charge in [0.05, 0.1) is 16.1 Å². The van der Waals surface area contributed by atoms with Crippen molar-refractivity contribution in [2.75, 3.05) is 4.72 Å². The fraction of sp³-hybridized carbons (Fsp3) is 0.263. The first-order valence-corrected chi connectivity index (χ1v) is 11.3. The van der Waals surface area contributed by atoms with E-state index in [4.69, 9.17) is 0 Å². The molecule has 0 aliphatic carbocycles. The van der Waals surface area contributed by atoms with Crippen molar-refractivity contribution in [1.82, 2.24) is 14.8 Å². The molecule has 0 spiro atoms. The normalized spacial score (nSPS) is 14.3. The number of nitrogens with one attached hydrogen (secondary N) is 1. The van der Waals surface area contributed by atoms with E-state index in [2.05, 4.69) is 30.8 Å². The summed E-state index contributed by atoms with van der Waals surface area (Å²) in [5.41, 5.74) is -0.351. The molecule has 2 heterocycles. The maximum absolute atomic E-state index is 14.6. The highest BCUT2D eigenvalue weighted by molar-refractivity contribution is 9.10. The number of hydrogen-bond acceptors (Lipinski definition) is 4. The van der Waals surface area contributed by atoms with E-state index in [1.165, 1.54) is 12.1 Å². The van der Waals surface area contributed by atoms with Crippen LogP contribution in [0.2, 0.25) is 0 Å². The zero-order chi connectivity index (χ0) is 20.6. The van der Waals surface area contributed by atoms with Crippen LogP contribution in [-0.4, -0.2) is 23.2 Å². The standard InChI is InChI=1S/C19H17BrF2N4O2S/c20-12-5-7-13(8-6-12)29(27,28)25-17-10-14(15(21)11-16(17)22)19-24-23-18-4-2-1-3-9-26(18)19/h5-8,10-11,25H,1-4,9H2. The largest absolute Gasteiger partial charge is 0.311 e. The number of sulfonamides is 1. The van der Waals surface area contributed by atoms with Gasteiger partial charge in [-0.25, -0.2) is 17.2 Å². The van der Waals surface area contributed by atoms with Gasteiger partial charge in [-0.15, -0.1) is 10.2 Å². The van der Waals surface area contributed by atoms with Gasteiger partial charge in [0.1, 0.15) is 17.5 Å². The predicted octanol–water partition coefficient (Wildman–Crippen LogP) is 4.51. The number of benzene rings is 2. The summed E-state index contributed by atoms with van der Waals surface area (Å²) in [6.07, 6.45) is 3.65. The average molecular weight is 483 g/mol. The molecule has 1 N–H and O–H groups in total. The van der Waals surface area contributed by atoms with Gasteiger partial charge in [-0.1, -0.05) is 22.4 Å². The van der Waals surface area contributed by atoms with Crippen LogP contribution in [0, 0.1) is 11.6 Å². The summed E-state index contributed by atoms with van der Waals surface area (Å²) in [7, 11) is -4.05. The van der Waals surface area contributed by atoms with Gasteiger partial charge < -0.3 is 4.57 Å². The maximum Gasteiger partial charge on any atom is 0.261 e. The van der Waals surface area contributed by atoms with Gasteiger partial charge in [0.25, 0.3) is 10.0 Å². The molecule has 4 rings (SSSR count). The summed E-state index contributed by atoms with van der Waals surface area (Å²) in [4.78, 5) is -0.0395. The average Bonchev–Trinajstić information content (AvgIpc) is 2.92. The van der Waals surface area contributed by atoms with Gasteiger partial charge in [0, 0.05) is 23.5 Å². The van der Waals surface area contributed by atoms with E-state index in [0.29, 0.717) is 17.1 Å². The Morgan fingerprint density at radius 1 is 1.00 bits per heavy atom. The zero-order valence-electron chi connectivity index (χ0n) is 15.2. The molecule has 0 bridgehead atoms. The molecule has 0 radical (unpaired) electrons. The Morgan fingerprint density at radius 3 is 2.52 bits per heavy atom. The Morgan fingerprint density at radius 2 is 1.76 bits per heavy atom. The predicted molar refractivity (Wildman–Crippen MR) is 108 cm³/mol. The molecule has 6 nitrogen and oxygen atoms in total. The van der Waals surface area contributed by atoms with Crippen LogP contribution in [0.1, 0.15) is 25.1 Å². The Kier molecular flexibility index (Phi) is 5.39. The highest BCUT2D eigenvalue weighted by Crippen LogP contribution is 2.30. The lowest BCUT2D eigenvalue weighted by Gasteiger charge is -2.12. The van der Waals surface area contributed by atoms with Crippen LogP contribution in [0.25, 0.3) is 11.4 Å². The van der Waals surface area contributed by atoms with Gasteiger partial charge in [0.2, 0.25) is 0 Å². The van der Waals surface area contributed by atoms with Crippen molar-refractivity contribution in [2.24, 2.45) is 0 Å². The van der Waals surface area contributed by atoms with Gasteiger partial charge in [-0.05, 0) is 43.2 Å². The monoisotopic (exact) mass is 482 g/mol. The molecule has 152 valence electrons. The molecule has 0 unspecified atom stereocenters. The molecule has 0 fully saturated rings. The first kappa shape index (κ1) is 20.0. The van der Waals surface area contributed by atoms with Crippen LogP contribution < -0.4 is 4.72 Å². The third kappa shape index (κ3) is 4.04. The van der Waals surface area contributed by atoms with E-state index in [9.17, 15) is 17.2 Å². The summed E-state index contributed by atoms with van der Waals surface area (Å²) in [6.45, 7) is 0.633. The molecule has 10 heteroatoms. The molecular weight excluding hydrogens is 466 g/mol. The van der Waals surface area contributed by atoms with Crippen LogP contribution >= 0.6 is 15.9 Å². The summed E-state index contributed by atoms with van der Waals surface area (Å²) in [5.74, 6) is -0.821. The summed E-state index contributed by atoms with van der Waals surface area (Å²) in [5, 5.41) is 8.20. The number of rotatable bonds is 4. The Balaban J connectivity index is 1.73. The minimum Gasteiger partial charge on any atom is -0.311 e. The lowest BCUT2D eigenvalue weighted by atomic mass is 10.1. The number of anilines is 1. The fourth-order valence-corrected chi connectivity index (χ4v) is 4.62. The van der Waals surface area contributed by atoms with Crippen LogP contribution in [-0.2, 0) is 23.0 Å². The summed E-state index contributed by atoms with van der Waals surface area (Å²) >= 11 is 3.23. The second kappa shape index (κ2) is 7.83. The van der Waals surface area contributed by atoms with E-state index in [1.807, 2.05) is 4.57 Å². The first-order chi connectivity index (χ1) is 13.8. The van der Waals surface area contributed by atoms with Crippen molar-refractivity contribution < 1.29 is 17.2 Å². The lowest BCUT2D eigenvalue weighted by Crippen LogP contribution is -2.14. The van der Waals surface area contributed by atoms with E-state index in [0.717, 1.165) is 37.6 Å². The molecule has 2 aromatic carbocycles. The van der Waals surface area contributed by atoms with Crippen molar-refractivity contribution in [2.45, 2.75) is 37.1 Å². The number of fused-ring (bicyclic) bond motifs is 1. The van der Waals surface area contributed by atoms with E-state index in [1.54, 1.807) is 12.1 Å². The van der Waals surface area contributed by atoms with Crippen molar-refractivity contribution >= 4 is 31.6 Å². The molecular formula is C19H17BrF2N4O2S. The minimum absolute atomic E-state index is 0.000515. The summed E-state index contributed by atoms with van der Waals surface area (Å²) in [6, 6.07) is 7.68. The molecule has 0 saturated carbocycles. The fourth-order valence-electron chi connectivity index (χ4n) is 3.30. The second-order valence-corrected chi connectivity index (χ2v) is 9.37. The van der Waals surface area contributed by atoms with Crippen molar-refractivity contribution in [3.05, 3.63) is 58.3 Å². The molecule has 0 atom stereocenters. The number of halogens is 3. The van der Waals surface area contributed by atoms with E-state index >= 15 is 0 Å². The molecule has 3 aromatic rings. The number of aromatic nitrogens is 3. The van der Waals surface area contributed by atoms with Gasteiger partial charge in [-0.2, -0.15) is 0 Å². The van der Waals surface area contributed by atoms with E-state index < -0.39 is 21.7 Å². The quantitative estimate of drug-likeness (QED) is 0.593. The number of nitrogens with zero attached hydrogens (tertiary/aromatic N) is 3. The minimum atomic E-state index is -4.05. The van der Waals surface area contributed by atoms with Gasteiger partial charge in [0.15, 0.2) is 5.82 Å². The zero-order valence-corrected chi connectivity index (χ0v) is 17.6. The smallest absolute Gasteiger partial charge is 0.261 e. The molecule has 1 aromatic heterocycles. The van der Waals surface area contributed by atoms with Gasteiger partial charge >= 0.3 is 0 Å². The van der Waals surface area contributed by atoms with Crippen LogP contribution in [0.3, 0.4) is 0 Å². The van der Waals surface area contributed by atoms with Crippen molar-refractivity contribution in [3.63, 3.8) is 0 Å². The lowest BCUT2D eigenvalue weighted by molar-refractivity contribution is 0.581. The Bertz CT molecular complexity index is 1160. The van der Waals surface area contributed by atoms with Crippen LogP contribution in [0.4, 0.5) is 14.5 Å². The van der Waals surface area contributed by atoms with Gasteiger partial charge in [-0.3, -0.25) is 4.72 Å². The molecule has 1 aliphatic heterocycles. The van der Waals surface area contributed by atoms with Crippen molar-refractivity contribution in [3.8, 4) is 11.4 Å². The third-order valence-corrected chi connectivity index (χ3v) is 6.69. The van der Waals surface area contributed by atoms with Crippen LogP contribution in [0.5, 0.6) is 0 Å². The SMILES string of the molecule is O=S(=O)(Nc1cc(-c2nnc3n2CCCCC3)c(F)cc1F)c1ccc(Br)cc1. The summed E-state index contributed by atoms with van der Waals surface area (Å²) < 4.78 is 58.9. The number of hydrogen-bond donors (Lipinski definition) is 1. The number of aryl methyl sites for hydroxylation is 1. The molecule has 29 heavy (non-hydrogen) atoms. The molecule has 1 aliphatic rings. The van der Waals surface area contributed by atoms with Crippen molar-refractivity contribution in [1.29, 1.82) is 0 Å². The molecule has 0 amide bonds. The Labute approximate surface area is 175 Å². The second-order valence-electron chi connectivity index (χ2n) is 6.77. The topological polar surface area (TPSA) is 76.9 Å². The molecule has 0 saturated heterocycles. The third-order valence-electron chi connectivity index (χ3n) is 4.78. The van der Waals surface area contributed by atoms with E-state index in [-0.39, 0.29) is 22.0 Å². The Hall–Kier alpha value is -2.33. The maximum atomic E-state index is 14.6.